The molecule has 0 saturated carbocycles. The van der Waals surface area contributed by atoms with Crippen molar-refractivity contribution in [1.82, 2.24) is 35.6 Å². The van der Waals surface area contributed by atoms with Crippen LogP contribution in [0.25, 0.3) is 10.9 Å². The molecule has 16 nitrogen and oxygen atoms in total. The molecule has 286 valence electrons. The molecule has 1 unspecified atom stereocenters. The molecule has 0 spiro atoms. The minimum atomic E-state index is -1.08. The van der Waals surface area contributed by atoms with Gasteiger partial charge in [0, 0.05) is 68.9 Å². The topological polar surface area (TPSA) is 207 Å². The van der Waals surface area contributed by atoms with Crippen LogP contribution in [0.2, 0.25) is 0 Å². The Balaban J connectivity index is 0.931. The van der Waals surface area contributed by atoms with Crippen LogP contribution in [0.3, 0.4) is 0 Å². The van der Waals surface area contributed by atoms with Gasteiger partial charge in [0.25, 0.3) is 23.6 Å². The number of aromatic nitrogens is 1. The monoisotopic (exact) mass is 758 g/mol. The maximum absolute atomic E-state index is 13.4. The zero-order valence-corrected chi connectivity index (χ0v) is 30.4. The van der Waals surface area contributed by atoms with Gasteiger partial charge in [-0.15, -0.1) is 0 Å². The van der Waals surface area contributed by atoms with E-state index >= 15 is 0 Å². The van der Waals surface area contributed by atoms with Crippen LogP contribution in [0.5, 0.6) is 0 Å². The molecule has 4 heterocycles. The van der Waals surface area contributed by atoms with Crippen molar-refractivity contribution in [1.29, 1.82) is 0 Å². The van der Waals surface area contributed by atoms with Crippen LogP contribution in [0, 0.1) is 0 Å². The minimum Gasteiger partial charge on any atom is -0.355 e. The van der Waals surface area contributed by atoms with Crippen LogP contribution in [0.1, 0.15) is 66.3 Å². The van der Waals surface area contributed by atoms with Gasteiger partial charge >= 0.3 is 0 Å². The van der Waals surface area contributed by atoms with E-state index in [-0.39, 0.29) is 92.8 Å². The number of imide groups is 2. The van der Waals surface area contributed by atoms with Gasteiger partial charge in [-0.05, 0) is 54.8 Å². The second kappa shape index (κ2) is 15.8. The first-order valence-corrected chi connectivity index (χ1v) is 18.2. The lowest BCUT2D eigenvalue weighted by Gasteiger charge is -2.35. The fourth-order valence-corrected chi connectivity index (χ4v) is 7.21. The van der Waals surface area contributed by atoms with E-state index in [4.69, 9.17) is 0 Å². The van der Waals surface area contributed by atoms with Gasteiger partial charge < -0.3 is 25.8 Å². The summed E-state index contributed by atoms with van der Waals surface area (Å²) in [7, 11) is 1.52. The number of nitrogens with one attached hydrogen (secondary N) is 4. The molecule has 16 heteroatoms. The number of para-hydroxylation sites is 1. The smallest absolute Gasteiger partial charge is 0.262 e. The van der Waals surface area contributed by atoms with E-state index in [0.29, 0.717) is 27.7 Å². The average molecular weight is 759 g/mol. The van der Waals surface area contributed by atoms with Crippen LogP contribution < -0.4 is 21.3 Å². The summed E-state index contributed by atoms with van der Waals surface area (Å²) in [5.74, 6) is -3.73. The van der Waals surface area contributed by atoms with E-state index < -0.39 is 35.6 Å². The predicted octanol–water partition coefficient (Wildman–Crippen LogP) is 1.77. The van der Waals surface area contributed by atoms with E-state index in [1.807, 2.05) is 30.3 Å². The van der Waals surface area contributed by atoms with Crippen LogP contribution in [0.4, 0.5) is 11.4 Å². The first-order valence-electron chi connectivity index (χ1n) is 18.2. The Morgan fingerprint density at radius 3 is 2.29 bits per heavy atom. The summed E-state index contributed by atoms with van der Waals surface area (Å²) in [6.45, 7) is 0.794. The average Bonchev–Trinajstić information content (AvgIpc) is 3.47. The van der Waals surface area contributed by atoms with Gasteiger partial charge in [0.1, 0.15) is 6.04 Å². The highest BCUT2D eigenvalue weighted by molar-refractivity contribution is 6.24. The third kappa shape index (κ3) is 7.40. The number of fused-ring (bicyclic) bond motifs is 2. The predicted molar refractivity (Wildman–Crippen MR) is 202 cm³/mol. The number of carbonyl (C=O) groups is 8. The van der Waals surface area contributed by atoms with Crippen molar-refractivity contribution in [2.24, 2.45) is 0 Å². The quantitative estimate of drug-likeness (QED) is 0.173. The fraction of sp³-hybridized carbons (Fsp3) is 0.275. The molecule has 4 N–H and O–H groups in total. The Kier molecular flexibility index (Phi) is 10.5. The number of carbonyl (C=O) groups excluding carboxylic acids is 8. The van der Waals surface area contributed by atoms with Gasteiger partial charge in [-0.2, -0.15) is 0 Å². The third-order valence-corrected chi connectivity index (χ3v) is 10.2. The lowest BCUT2D eigenvalue weighted by Crippen LogP contribution is -2.54. The van der Waals surface area contributed by atoms with Gasteiger partial charge in [0.15, 0.2) is 0 Å². The van der Waals surface area contributed by atoms with Gasteiger partial charge in [-0.25, -0.2) is 0 Å². The Hall–Kier alpha value is -6.97. The molecule has 2 fully saturated rings. The van der Waals surface area contributed by atoms with Crippen LogP contribution >= 0.6 is 0 Å². The number of rotatable bonds is 10. The van der Waals surface area contributed by atoms with Crippen molar-refractivity contribution in [3.05, 3.63) is 101 Å². The Morgan fingerprint density at radius 1 is 0.839 bits per heavy atom. The molecule has 3 aromatic carbocycles. The molecule has 3 aliphatic rings. The molecule has 8 amide bonds. The second-order valence-electron chi connectivity index (χ2n) is 13.6. The maximum Gasteiger partial charge on any atom is 0.262 e. The number of piperazine rings is 1. The summed E-state index contributed by atoms with van der Waals surface area (Å²) >= 11 is 0. The first-order chi connectivity index (χ1) is 27.0. The number of nitrogens with zero attached hydrogens (tertiary/aromatic N) is 4. The van der Waals surface area contributed by atoms with Gasteiger partial charge in [-0.1, -0.05) is 30.3 Å². The molecule has 1 atom stereocenters. The van der Waals surface area contributed by atoms with E-state index in [0.717, 1.165) is 10.6 Å². The first kappa shape index (κ1) is 37.3. The lowest BCUT2D eigenvalue weighted by molar-refractivity contribution is -0.138. The van der Waals surface area contributed by atoms with Crippen molar-refractivity contribution in [2.75, 3.05) is 45.1 Å². The molecule has 2 saturated heterocycles. The summed E-state index contributed by atoms with van der Waals surface area (Å²) < 4.78 is 0. The standard InChI is InChI=1S/C40H38N8O8/c1-41-37(53)28-21-42-29-12-10-24(20-27(29)35(28)44-25-7-3-2-4-8-25)36(52)43-22-33(51)47-18-16-46(17-19-47)32(50)15-11-23-6-5-9-26-34(23)40(56)48(39(26)55)30-13-14-31(49)45-38(30)54/h2-10,12,20-21,30H,11,13-19,22H2,1H3,(H,41,53)(H,42,44)(H,43,52)(H,45,49,54). The highest BCUT2D eigenvalue weighted by atomic mass is 16.2. The van der Waals surface area contributed by atoms with Gasteiger partial charge in [0.05, 0.1) is 34.4 Å². The van der Waals surface area contributed by atoms with Gasteiger partial charge in [-0.3, -0.25) is 53.6 Å². The number of pyridine rings is 1. The number of hydrogen-bond donors (Lipinski definition) is 4. The number of amides is 8. The molecule has 4 aromatic rings. The Labute approximate surface area is 320 Å². The minimum absolute atomic E-state index is 0.0138. The highest BCUT2D eigenvalue weighted by Gasteiger charge is 2.45. The largest absolute Gasteiger partial charge is 0.355 e. The molecular formula is C40H38N8O8. The third-order valence-electron chi connectivity index (χ3n) is 10.2. The SMILES string of the molecule is CNC(=O)c1cnc2ccc(C(=O)NCC(=O)N3CCN(C(=O)CCc4cccc5c4C(=O)N(C4CCC(=O)NC4=O)C5=O)CC3)cc2c1Nc1ccccc1. The van der Waals surface area contributed by atoms with Gasteiger partial charge in [0.2, 0.25) is 23.6 Å². The van der Waals surface area contributed by atoms with Crippen molar-refractivity contribution < 1.29 is 38.4 Å². The Morgan fingerprint density at radius 2 is 1.57 bits per heavy atom. The second-order valence-corrected chi connectivity index (χ2v) is 13.6. The molecule has 0 bridgehead atoms. The fourth-order valence-electron chi connectivity index (χ4n) is 7.21. The van der Waals surface area contributed by atoms with E-state index in [1.54, 1.807) is 40.1 Å². The van der Waals surface area contributed by atoms with E-state index in [2.05, 4.69) is 26.3 Å². The molecule has 3 aliphatic heterocycles. The summed E-state index contributed by atoms with van der Waals surface area (Å²) in [6, 6.07) is 17.9. The number of piperidine rings is 1. The van der Waals surface area contributed by atoms with Crippen molar-refractivity contribution in [2.45, 2.75) is 31.7 Å². The number of anilines is 2. The van der Waals surface area contributed by atoms with Crippen molar-refractivity contribution >= 4 is 69.5 Å². The molecule has 1 aromatic heterocycles. The lowest BCUT2D eigenvalue weighted by atomic mass is 9.98. The van der Waals surface area contributed by atoms with E-state index in [9.17, 15) is 38.4 Å². The summed E-state index contributed by atoms with van der Waals surface area (Å²) in [5, 5.41) is 11.3. The molecular weight excluding hydrogens is 720 g/mol. The van der Waals surface area contributed by atoms with Crippen molar-refractivity contribution in [3.63, 3.8) is 0 Å². The molecule has 0 aliphatic carbocycles. The molecule has 56 heavy (non-hydrogen) atoms. The maximum atomic E-state index is 13.4. The molecule has 7 rings (SSSR count). The number of hydrogen-bond acceptors (Lipinski definition) is 10. The van der Waals surface area contributed by atoms with E-state index in [1.165, 1.54) is 19.3 Å². The Bertz CT molecular complexity index is 2300. The number of aryl methyl sites for hydroxylation is 1. The summed E-state index contributed by atoms with van der Waals surface area (Å²) in [4.78, 5) is 111. The van der Waals surface area contributed by atoms with Crippen LogP contribution in [-0.4, -0.2) is 113 Å². The number of benzene rings is 3. The zero-order chi connectivity index (χ0) is 39.5. The van der Waals surface area contributed by atoms with Crippen LogP contribution in [-0.2, 0) is 25.6 Å². The summed E-state index contributed by atoms with van der Waals surface area (Å²) in [5.41, 5.74) is 3.16. The van der Waals surface area contributed by atoms with Crippen LogP contribution in [0.15, 0.2) is 72.9 Å². The molecule has 0 radical (unpaired) electrons. The summed E-state index contributed by atoms with van der Waals surface area (Å²) in [6.07, 6.45) is 1.76. The highest BCUT2D eigenvalue weighted by Crippen LogP contribution is 2.32. The van der Waals surface area contributed by atoms with Crippen molar-refractivity contribution in [3.8, 4) is 0 Å². The zero-order valence-electron chi connectivity index (χ0n) is 30.4. The normalized spacial score (nSPS) is 16.7.